The highest BCUT2D eigenvalue weighted by Crippen LogP contribution is 2.33. The Morgan fingerprint density at radius 2 is 1.68 bits per heavy atom. The van der Waals surface area contributed by atoms with E-state index in [4.69, 9.17) is 30.7 Å². The van der Waals surface area contributed by atoms with E-state index < -0.39 is 0 Å². The number of nitrogens with one attached hydrogen (secondary N) is 2. The van der Waals surface area contributed by atoms with Crippen LogP contribution in [0.2, 0.25) is 0 Å². The summed E-state index contributed by atoms with van der Waals surface area (Å²) in [5.74, 6) is 1.17. The molecule has 5 rings (SSSR count). The topological polar surface area (TPSA) is 160 Å². The van der Waals surface area contributed by atoms with Crippen LogP contribution in [0, 0.1) is 5.41 Å². The maximum Gasteiger partial charge on any atom is 0.260 e. The number of aliphatic imine (C=N–C) groups is 2. The fourth-order valence-corrected chi connectivity index (χ4v) is 3.84. The number of hydrogen-bond acceptors (Lipinski definition) is 9. The number of nitrogens with two attached hydrogens (primary N) is 1. The molecule has 196 valence electrons. The molecule has 0 spiro atoms. The predicted octanol–water partition coefficient (Wildman–Crippen LogP) is 3.34. The second-order valence-corrected chi connectivity index (χ2v) is 8.56. The molecule has 12 heteroatoms. The number of pyridine rings is 2. The highest BCUT2D eigenvalue weighted by Gasteiger charge is 2.23. The van der Waals surface area contributed by atoms with Gasteiger partial charge in [-0.25, -0.2) is 19.0 Å². The molecule has 0 aliphatic carbocycles. The van der Waals surface area contributed by atoms with E-state index in [1.165, 1.54) is 6.08 Å². The lowest BCUT2D eigenvalue weighted by molar-refractivity contribution is 0.229. The van der Waals surface area contributed by atoms with Crippen molar-refractivity contribution in [2.75, 3.05) is 25.1 Å². The van der Waals surface area contributed by atoms with E-state index in [1.807, 2.05) is 42.6 Å². The molecule has 1 aliphatic heterocycles. The maximum atomic E-state index is 9.14. The van der Waals surface area contributed by atoms with Gasteiger partial charge >= 0.3 is 0 Å². The van der Waals surface area contributed by atoms with Crippen LogP contribution in [0.25, 0.3) is 11.0 Å². The second-order valence-electron chi connectivity index (χ2n) is 8.56. The zero-order valence-corrected chi connectivity index (χ0v) is 21.0. The maximum absolute atomic E-state index is 9.14. The Bertz CT molecular complexity index is 1560. The molecular formula is C26H29N9O3. The Labute approximate surface area is 218 Å². The monoisotopic (exact) mass is 515 g/mol. The van der Waals surface area contributed by atoms with Gasteiger partial charge in [0.05, 0.1) is 35.7 Å². The van der Waals surface area contributed by atoms with Crippen LogP contribution in [-0.2, 0) is 0 Å². The number of aromatic nitrogens is 4. The van der Waals surface area contributed by atoms with Crippen LogP contribution < -0.4 is 20.5 Å². The van der Waals surface area contributed by atoms with E-state index in [2.05, 4.69) is 27.4 Å². The van der Waals surface area contributed by atoms with Crippen LogP contribution in [0.4, 0.5) is 11.4 Å². The minimum atomic E-state index is 0.00504. The quantitative estimate of drug-likeness (QED) is 0.236. The van der Waals surface area contributed by atoms with E-state index in [0.717, 1.165) is 23.9 Å². The van der Waals surface area contributed by atoms with E-state index in [0.29, 0.717) is 36.2 Å². The standard InChI is InChI=1S/C26H29N9O3/c1-2-3-14-37-25-21(19-9-4-6-11-34(19)32-25)29-23-17(27)16-18(28)24(31-23)30-22-20-10-5-7-12-35(20)33-26(22)38-15-8-13-36/h4-7,9-12,16,28,36H,2-3,8,13-15,27H2,1H3,(H,29,30,31). The normalized spacial score (nSPS) is 14.7. The summed E-state index contributed by atoms with van der Waals surface area (Å²) in [7, 11) is 0. The number of unbranched alkanes of at least 4 members (excludes halogenated alkanes) is 1. The molecule has 5 N–H and O–H groups in total. The van der Waals surface area contributed by atoms with Crippen LogP contribution in [0.1, 0.15) is 26.2 Å². The molecule has 0 unspecified atom stereocenters. The minimum Gasteiger partial charge on any atom is -0.475 e. The first-order chi connectivity index (χ1) is 18.6. The number of dihydropyridines is 1. The number of nitrogens with zero attached hydrogens (tertiary/aromatic N) is 6. The first-order valence-corrected chi connectivity index (χ1v) is 12.4. The van der Waals surface area contributed by atoms with Crippen molar-refractivity contribution in [3.05, 3.63) is 60.6 Å². The van der Waals surface area contributed by atoms with E-state index in [9.17, 15) is 0 Å². The van der Waals surface area contributed by atoms with Crippen molar-refractivity contribution in [2.24, 2.45) is 15.7 Å². The Kier molecular flexibility index (Phi) is 7.31. The first-order valence-electron chi connectivity index (χ1n) is 12.4. The number of aliphatic hydroxyl groups excluding tert-OH is 1. The minimum absolute atomic E-state index is 0.00504. The van der Waals surface area contributed by atoms with Gasteiger partial charge in [-0.05, 0) is 36.8 Å². The summed E-state index contributed by atoms with van der Waals surface area (Å²) in [4.78, 5) is 9.33. The van der Waals surface area contributed by atoms with Crippen molar-refractivity contribution in [3.8, 4) is 11.8 Å². The smallest absolute Gasteiger partial charge is 0.260 e. The third kappa shape index (κ3) is 5.06. The number of fused-ring (bicyclic) bond motifs is 2. The molecular weight excluding hydrogens is 486 g/mol. The lowest BCUT2D eigenvalue weighted by atomic mass is 10.2. The highest BCUT2D eigenvalue weighted by molar-refractivity contribution is 6.52. The molecule has 0 radical (unpaired) electrons. The third-order valence-corrected chi connectivity index (χ3v) is 5.76. The fourth-order valence-electron chi connectivity index (χ4n) is 3.84. The van der Waals surface area contributed by atoms with Gasteiger partial charge in [0.2, 0.25) is 0 Å². The Morgan fingerprint density at radius 3 is 2.45 bits per heavy atom. The van der Waals surface area contributed by atoms with Crippen LogP contribution in [-0.4, -0.2) is 61.5 Å². The summed E-state index contributed by atoms with van der Waals surface area (Å²) in [6.07, 6.45) is 7.45. The lowest BCUT2D eigenvalue weighted by Gasteiger charge is -2.15. The van der Waals surface area contributed by atoms with Gasteiger partial charge in [0.25, 0.3) is 11.8 Å². The number of anilines is 1. The van der Waals surface area contributed by atoms with Crippen molar-refractivity contribution in [3.63, 3.8) is 0 Å². The summed E-state index contributed by atoms with van der Waals surface area (Å²) in [5, 5.41) is 29.8. The van der Waals surface area contributed by atoms with Crippen LogP contribution in [0.3, 0.4) is 0 Å². The number of aliphatic hydroxyl groups is 1. The number of rotatable bonds is 10. The van der Waals surface area contributed by atoms with Gasteiger partial charge in [-0.15, -0.1) is 10.2 Å². The SMILES string of the molecule is CCCCOc1nn2ccccc2c1N=C1N=C(Nc2c(OCCCO)nn3ccccc23)C(=N)C=C1N. The molecule has 0 atom stereocenters. The number of amidine groups is 2. The van der Waals surface area contributed by atoms with Crippen molar-refractivity contribution in [1.82, 2.24) is 19.2 Å². The number of ether oxygens (including phenoxy) is 2. The highest BCUT2D eigenvalue weighted by atomic mass is 16.5. The van der Waals surface area contributed by atoms with Crippen molar-refractivity contribution in [1.29, 1.82) is 5.41 Å². The zero-order valence-electron chi connectivity index (χ0n) is 21.0. The van der Waals surface area contributed by atoms with Crippen molar-refractivity contribution >= 4 is 39.8 Å². The molecule has 0 bridgehead atoms. The predicted molar refractivity (Wildman–Crippen MR) is 146 cm³/mol. The molecule has 38 heavy (non-hydrogen) atoms. The van der Waals surface area contributed by atoms with Gasteiger partial charge in [-0.1, -0.05) is 25.5 Å². The van der Waals surface area contributed by atoms with Gasteiger partial charge in [0, 0.05) is 25.4 Å². The largest absolute Gasteiger partial charge is 0.475 e. The number of hydrogen-bond donors (Lipinski definition) is 4. The van der Waals surface area contributed by atoms with Gasteiger partial charge in [-0.3, -0.25) is 5.41 Å². The molecule has 0 saturated heterocycles. The van der Waals surface area contributed by atoms with Crippen LogP contribution in [0.15, 0.2) is 70.5 Å². The molecule has 0 amide bonds. The summed E-state index contributed by atoms with van der Waals surface area (Å²) in [6.45, 7) is 2.89. The van der Waals surface area contributed by atoms with Crippen molar-refractivity contribution in [2.45, 2.75) is 26.2 Å². The average Bonchev–Trinajstić information content (AvgIpc) is 3.45. The summed E-state index contributed by atoms with van der Waals surface area (Å²) < 4.78 is 15.1. The molecule has 5 heterocycles. The average molecular weight is 516 g/mol. The molecule has 0 aromatic carbocycles. The van der Waals surface area contributed by atoms with E-state index >= 15 is 0 Å². The van der Waals surface area contributed by atoms with E-state index in [1.54, 1.807) is 15.2 Å². The summed E-state index contributed by atoms with van der Waals surface area (Å²) in [6, 6.07) is 11.3. The Hall–Kier alpha value is -4.71. The van der Waals surface area contributed by atoms with Gasteiger partial charge in [0.1, 0.15) is 5.69 Å². The molecule has 4 aromatic rings. The van der Waals surface area contributed by atoms with Crippen molar-refractivity contribution < 1.29 is 14.6 Å². The molecule has 1 aliphatic rings. The Morgan fingerprint density at radius 1 is 1.00 bits per heavy atom. The fraction of sp³-hybridized carbons (Fsp3) is 0.269. The van der Waals surface area contributed by atoms with Gasteiger partial charge in [0.15, 0.2) is 17.4 Å². The molecule has 0 saturated carbocycles. The van der Waals surface area contributed by atoms with Crippen LogP contribution in [0.5, 0.6) is 11.8 Å². The van der Waals surface area contributed by atoms with Gasteiger partial charge in [-0.2, -0.15) is 0 Å². The van der Waals surface area contributed by atoms with E-state index in [-0.39, 0.29) is 36.3 Å². The second kappa shape index (κ2) is 11.1. The Balaban J connectivity index is 1.53. The summed E-state index contributed by atoms with van der Waals surface area (Å²) >= 11 is 0. The molecule has 12 nitrogen and oxygen atoms in total. The summed E-state index contributed by atoms with van der Waals surface area (Å²) in [5.41, 5.74) is 9.11. The lowest BCUT2D eigenvalue weighted by Crippen LogP contribution is -2.29. The molecule has 0 fully saturated rings. The zero-order chi connectivity index (χ0) is 26.5. The van der Waals surface area contributed by atoms with Gasteiger partial charge < -0.3 is 25.6 Å². The first kappa shape index (κ1) is 25.0. The van der Waals surface area contributed by atoms with Crippen LogP contribution >= 0.6 is 0 Å². The molecule has 4 aromatic heterocycles. The third-order valence-electron chi connectivity index (χ3n) is 5.76.